The van der Waals surface area contributed by atoms with Gasteiger partial charge < -0.3 is 0 Å². The van der Waals surface area contributed by atoms with Crippen molar-refractivity contribution >= 4 is 21.4 Å². The Kier molecular flexibility index (Phi) is 3.38. The average Bonchev–Trinajstić information content (AvgIpc) is 3.11. The number of hydrogen-bond donors (Lipinski definition) is 0. The predicted octanol–water partition coefficient (Wildman–Crippen LogP) is 2.67. The maximum absolute atomic E-state index is 12.6. The maximum Gasteiger partial charge on any atom is 0.253 e. The van der Waals surface area contributed by atoms with E-state index in [2.05, 4.69) is 4.98 Å². The van der Waals surface area contributed by atoms with E-state index in [0.29, 0.717) is 10.8 Å². The minimum absolute atomic E-state index is 0.0826. The van der Waals surface area contributed by atoms with Crippen molar-refractivity contribution < 1.29 is 8.42 Å². The van der Waals surface area contributed by atoms with Gasteiger partial charge in [-0.25, -0.2) is 8.42 Å². The van der Waals surface area contributed by atoms with Gasteiger partial charge >= 0.3 is 0 Å². The van der Waals surface area contributed by atoms with Gasteiger partial charge in [0.2, 0.25) is 0 Å². The van der Waals surface area contributed by atoms with E-state index in [-0.39, 0.29) is 6.04 Å². The van der Waals surface area contributed by atoms with Crippen LogP contribution in [0.2, 0.25) is 0 Å². The van der Waals surface area contributed by atoms with E-state index < -0.39 is 10.0 Å². The first-order valence-corrected chi connectivity index (χ1v) is 8.47. The van der Waals surface area contributed by atoms with Gasteiger partial charge in [-0.3, -0.25) is 4.98 Å². The molecule has 0 aliphatic carbocycles. The highest BCUT2D eigenvalue weighted by molar-refractivity contribution is 7.91. The fraction of sp³-hybridized carbons (Fsp3) is 0.308. The van der Waals surface area contributed by atoms with Gasteiger partial charge in [-0.2, -0.15) is 4.31 Å². The summed E-state index contributed by atoms with van der Waals surface area (Å²) in [6, 6.07) is 7.15. The van der Waals surface area contributed by atoms with Crippen LogP contribution in [-0.2, 0) is 10.0 Å². The number of sulfonamides is 1. The summed E-state index contributed by atoms with van der Waals surface area (Å²) in [5.41, 5.74) is 0.972. The Labute approximate surface area is 116 Å². The van der Waals surface area contributed by atoms with Crippen molar-refractivity contribution in [3.05, 3.63) is 47.6 Å². The summed E-state index contributed by atoms with van der Waals surface area (Å²) >= 11 is 1.27. The van der Waals surface area contributed by atoms with Crippen LogP contribution in [0.1, 0.15) is 24.4 Å². The van der Waals surface area contributed by atoms with Gasteiger partial charge in [0.1, 0.15) is 4.21 Å². The Morgan fingerprint density at radius 3 is 2.89 bits per heavy atom. The van der Waals surface area contributed by atoms with E-state index in [1.54, 1.807) is 34.2 Å². The van der Waals surface area contributed by atoms with Crippen molar-refractivity contribution in [2.24, 2.45) is 0 Å². The topological polar surface area (TPSA) is 50.3 Å². The highest BCUT2D eigenvalue weighted by Crippen LogP contribution is 2.37. The monoisotopic (exact) mass is 294 g/mol. The van der Waals surface area contributed by atoms with E-state index in [9.17, 15) is 8.42 Å². The molecule has 100 valence electrons. The van der Waals surface area contributed by atoms with Crippen LogP contribution in [-0.4, -0.2) is 24.3 Å². The van der Waals surface area contributed by atoms with Crippen molar-refractivity contribution in [1.29, 1.82) is 0 Å². The van der Waals surface area contributed by atoms with Crippen LogP contribution < -0.4 is 0 Å². The molecular formula is C13H14N2O2S2. The third kappa shape index (κ3) is 2.31. The van der Waals surface area contributed by atoms with Crippen LogP contribution in [0.3, 0.4) is 0 Å². The third-order valence-electron chi connectivity index (χ3n) is 3.33. The number of nitrogens with zero attached hydrogens (tertiary/aromatic N) is 2. The van der Waals surface area contributed by atoms with Crippen molar-refractivity contribution in [2.45, 2.75) is 23.1 Å². The fourth-order valence-electron chi connectivity index (χ4n) is 2.46. The minimum atomic E-state index is -3.37. The molecule has 2 aromatic heterocycles. The SMILES string of the molecule is O=S(=O)(c1cccs1)N1CCCC1c1cccnc1. The number of thiophene rings is 1. The smallest absolute Gasteiger partial charge is 0.253 e. The summed E-state index contributed by atoms with van der Waals surface area (Å²) in [7, 11) is -3.37. The molecule has 19 heavy (non-hydrogen) atoms. The van der Waals surface area contributed by atoms with Gasteiger partial charge in [0.05, 0.1) is 6.04 Å². The molecule has 0 bridgehead atoms. The molecule has 3 heterocycles. The molecule has 4 nitrogen and oxygen atoms in total. The van der Waals surface area contributed by atoms with E-state index in [1.807, 2.05) is 12.1 Å². The number of pyridine rings is 1. The molecule has 0 aromatic carbocycles. The second-order valence-corrected chi connectivity index (χ2v) is 7.56. The fourth-order valence-corrected chi connectivity index (χ4v) is 5.26. The predicted molar refractivity (Wildman–Crippen MR) is 74.4 cm³/mol. The first-order chi connectivity index (χ1) is 9.19. The zero-order valence-electron chi connectivity index (χ0n) is 10.3. The zero-order chi connectivity index (χ0) is 13.3. The zero-order valence-corrected chi connectivity index (χ0v) is 11.9. The Balaban J connectivity index is 1.97. The van der Waals surface area contributed by atoms with Crippen molar-refractivity contribution in [2.75, 3.05) is 6.54 Å². The van der Waals surface area contributed by atoms with E-state index in [4.69, 9.17) is 0 Å². The molecule has 1 aliphatic rings. The van der Waals surface area contributed by atoms with Crippen LogP contribution in [0, 0.1) is 0 Å². The number of aromatic nitrogens is 1. The van der Waals surface area contributed by atoms with Crippen LogP contribution in [0.25, 0.3) is 0 Å². The molecule has 3 rings (SSSR count). The second kappa shape index (κ2) is 5.03. The number of hydrogen-bond acceptors (Lipinski definition) is 4. The second-order valence-electron chi connectivity index (χ2n) is 4.49. The Morgan fingerprint density at radius 2 is 2.21 bits per heavy atom. The normalized spacial score (nSPS) is 20.7. The lowest BCUT2D eigenvalue weighted by Crippen LogP contribution is -2.30. The van der Waals surface area contributed by atoms with Crippen LogP contribution >= 0.6 is 11.3 Å². The molecule has 0 spiro atoms. The summed E-state index contributed by atoms with van der Waals surface area (Å²) in [5.74, 6) is 0. The molecular weight excluding hydrogens is 280 g/mol. The van der Waals surface area contributed by atoms with Crippen LogP contribution in [0.15, 0.2) is 46.2 Å². The van der Waals surface area contributed by atoms with Gasteiger partial charge in [-0.15, -0.1) is 11.3 Å². The van der Waals surface area contributed by atoms with Crippen LogP contribution in [0.5, 0.6) is 0 Å². The minimum Gasteiger partial charge on any atom is -0.264 e. The van der Waals surface area contributed by atoms with Gasteiger partial charge in [0.25, 0.3) is 10.0 Å². The van der Waals surface area contributed by atoms with Crippen LogP contribution in [0.4, 0.5) is 0 Å². The molecule has 1 unspecified atom stereocenters. The molecule has 2 aromatic rings. The molecule has 0 amide bonds. The summed E-state index contributed by atoms with van der Waals surface area (Å²) in [5, 5.41) is 1.79. The van der Waals surface area contributed by atoms with Gasteiger partial charge in [-0.1, -0.05) is 12.1 Å². The molecule has 6 heteroatoms. The molecule has 1 saturated heterocycles. The van der Waals surface area contributed by atoms with Gasteiger partial charge in [0, 0.05) is 18.9 Å². The van der Waals surface area contributed by atoms with Gasteiger partial charge in [-0.05, 0) is 35.9 Å². The highest BCUT2D eigenvalue weighted by atomic mass is 32.2. The van der Waals surface area contributed by atoms with E-state index >= 15 is 0 Å². The summed E-state index contributed by atoms with van der Waals surface area (Å²) < 4.78 is 27.2. The van der Waals surface area contributed by atoms with Crippen molar-refractivity contribution in [3.8, 4) is 0 Å². The molecule has 1 fully saturated rings. The lowest BCUT2D eigenvalue weighted by molar-refractivity contribution is 0.397. The lowest BCUT2D eigenvalue weighted by Gasteiger charge is -2.23. The Hall–Kier alpha value is -1.24. The largest absolute Gasteiger partial charge is 0.264 e. The first kappa shape index (κ1) is 12.8. The van der Waals surface area contributed by atoms with E-state index in [0.717, 1.165) is 18.4 Å². The first-order valence-electron chi connectivity index (χ1n) is 6.15. The molecule has 0 N–H and O–H groups in total. The molecule has 1 atom stereocenters. The highest BCUT2D eigenvalue weighted by Gasteiger charge is 2.36. The quantitative estimate of drug-likeness (QED) is 0.874. The molecule has 1 aliphatic heterocycles. The Bertz CT molecular complexity index is 639. The third-order valence-corrected chi connectivity index (χ3v) is 6.61. The standard InChI is InChI=1S/C13H14N2O2S2/c16-19(17,13-6-3-9-18-13)15-8-2-5-12(15)11-4-1-7-14-10-11/h1,3-4,6-7,9-10,12H,2,5,8H2. The van der Waals surface area contributed by atoms with Crippen molar-refractivity contribution in [1.82, 2.24) is 9.29 Å². The summed E-state index contributed by atoms with van der Waals surface area (Å²) in [6.45, 7) is 0.583. The summed E-state index contributed by atoms with van der Waals surface area (Å²) in [6.07, 6.45) is 5.21. The lowest BCUT2D eigenvalue weighted by atomic mass is 10.1. The molecule has 0 radical (unpaired) electrons. The summed E-state index contributed by atoms with van der Waals surface area (Å²) in [4.78, 5) is 4.09. The maximum atomic E-state index is 12.6. The van der Waals surface area contributed by atoms with Gasteiger partial charge in [0.15, 0.2) is 0 Å². The molecule has 0 saturated carbocycles. The van der Waals surface area contributed by atoms with E-state index in [1.165, 1.54) is 11.3 Å². The average molecular weight is 294 g/mol. The number of rotatable bonds is 3. The van der Waals surface area contributed by atoms with Crippen molar-refractivity contribution in [3.63, 3.8) is 0 Å². The Morgan fingerprint density at radius 1 is 1.32 bits per heavy atom.